The fourth-order valence-corrected chi connectivity index (χ4v) is 5.45. The Hall–Kier alpha value is -1.86. The molecule has 164 valence electrons. The molecule has 1 aromatic carbocycles. The van der Waals surface area contributed by atoms with E-state index in [4.69, 9.17) is 9.47 Å². The Morgan fingerprint density at radius 2 is 1.63 bits per heavy atom. The van der Waals surface area contributed by atoms with Crippen LogP contribution in [0.5, 0.6) is 5.75 Å². The number of carbonyl (C=O) groups is 1. The standard InChI is InChI=1S/C26H37NO3/c1-3-4-24(17-27)22-13-15-25(16-14-22)30-26(28)23-11-9-21(10-12-23)20-7-5-19(6-8-20)18-29-2/h13-16,19-21,23-24H,3-12,18H2,1-2H3. The van der Waals surface area contributed by atoms with Gasteiger partial charge in [0.1, 0.15) is 5.75 Å². The molecule has 0 radical (unpaired) electrons. The molecule has 2 aliphatic rings. The van der Waals surface area contributed by atoms with Gasteiger partial charge in [0, 0.05) is 13.7 Å². The Kier molecular flexibility index (Phi) is 8.75. The molecule has 0 spiro atoms. The maximum absolute atomic E-state index is 12.7. The van der Waals surface area contributed by atoms with Gasteiger partial charge in [-0.1, -0.05) is 25.5 Å². The summed E-state index contributed by atoms with van der Waals surface area (Å²) in [5, 5.41) is 9.31. The minimum absolute atomic E-state index is 0.0257. The third kappa shape index (κ3) is 6.08. The second kappa shape index (κ2) is 11.5. The third-order valence-corrected chi connectivity index (χ3v) is 7.30. The zero-order valence-corrected chi connectivity index (χ0v) is 18.6. The minimum Gasteiger partial charge on any atom is -0.426 e. The molecule has 0 bridgehead atoms. The molecule has 4 heteroatoms. The number of hydrogen-bond donors (Lipinski definition) is 0. The maximum Gasteiger partial charge on any atom is 0.314 e. The van der Waals surface area contributed by atoms with E-state index in [-0.39, 0.29) is 17.8 Å². The molecule has 30 heavy (non-hydrogen) atoms. The Balaban J connectivity index is 1.44. The number of nitrogens with zero attached hydrogens (tertiary/aromatic N) is 1. The predicted octanol–water partition coefficient (Wildman–Crippen LogP) is 6.26. The number of hydrogen-bond acceptors (Lipinski definition) is 4. The lowest BCUT2D eigenvalue weighted by molar-refractivity contribution is -0.140. The van der Waals surface area contributed by atoms with Crippen molar-refractivity contribution in [3.05, 3.63) is 29.8 Å². The number of carbonyl (C=O) groups excluding carboxylic acids is 1. The monoisotopic (exact) mass is 411 g/mol. The summed E-state index contributed by atoms with van der Waals surface area (Å²) in [6, 6.07) is 9.86. The first-order chi connectivity index (χ1) is 14.6. The second-order valence-electron chi connectivity index (χ2n) is 9.31. The lowest BCUT2D eigenvalue weighted by atomic mass is 9.69. The number of nitriles is 1. The van der Waals surface area contributed by atoms with E-state index in [1.807, 2.05) is 24.3 Å². The summed E-state index contributed by atoms with van der Waals surface area (Å²) in [6.45, 7) is 2.99. The normalized spacial score (nSPS) is 27.8. The highest BCUT2D eigenvalue weighted by molar-refractivity contribution is 5.75. The van der Waals surface area contributed by atoms with Crippen LogP contribution in [0.2, 0.25) is 0 Å². The van der Waals surface area contributed by atoms with Gasteiger partial charge in [0.15, 0.2) is 0 Å². The molecule has 0 aliphatic heterocycles. The lowest BCUT2D eigenvalue weighted by Gasteiger charge is -2.37. The van der Waals surface area contributed by atoms with Crippen molar-refractivity contribution in [2.75, 3.05) is 13.7 Å². The Bertz CT molecular complexity index is 692. The van der Waals surface area contributed by atoms with Crippen molar-refractivity contribution >= 4 is 5.97 Å². The van der Waals surface area contributed by atoms with Crippen molar-refractivity contribution in [2.45, 2.75) is 77.0 Å². The van der Waals surface area contributed by atoms with Gasteiger partial charge < -0.3 is 9.47 Å². The van der Waals surface area contributed by atoms with Gasteiger partial charge in [0.25, 0.3) is 0 Å². The van der Waals surface area contributed by atoms with E-state index in [9.17, 15) is 10.1 Å². The van der Waals surface area contributed by atoms with Gasteiger partial charge >= 0.3 is 5.97 Å². The first-order valence-electron chi connectivity index (χ1n) is 11.8. The molecule has 0 saturated heterocycles. The summed E-state index contributed by atoms with van der Waals surface area (Å²) >= 11 is 0. The summed E-state index contributed by atoms with van der Waals surface area (Å²) in [4.78, 5) is 12.7. The average Bonchev–Trinajstić information content (AvgIpc) is 2.79. The molecule has 1 unspecified atom stereocenters. The van der Waals surface area contributed by atoms with Crippen molar-refractivity contribution in [3.8, 4) is 11.8 Å². The van der Waals surface area contributed by atoms with Gasteiger partial charge in [-0.15, -0.1) is 0 Å². The van der Waals surface area contributed by atoms with Crippen LogP contribution in [0.1, 0.15) is 82.6 Å². The van der Waals surface area contributed by atoms with Gasteiger partial charge in [-0.05, 0) is 93.2 Å². The molecule has 0 heterocycles. The van der Waals surface area contributed by atoms with Crippen LogP contribution in [0.15, 0.2) is 24.3 Å². The van der Waals surface area contributed by atoms with E-state index in [0.29, 0.717) is 5.75 Å². The SMILES string of the molecule is CCCC(C#N)c1ccc(OC(=O)C2CCC(C3CCC(COC)CC3)CC2)cc1. The molecule has 3 rings (SSSR count). The van der Waals surface area contributed by atoms with E-state index < -0.39 is 0 Å². The molecular formula is C26H37NO3. The van der Waals surface area contributed by atoms with Gasteiger partial charge in [0.2, 0.25) is 0 Å². The fraction of sp³-hybridized carbons (Fsp3) is 0.692. The van der Waals surface area contributed by atoms with Crippen molar-refractivity contribution in [3.63, 3.8) is 0 Å². The van der Waals surface area contributed by atoms with Crippen molar-refractivity contribution in [2.24, 2.45) is 23.7 Å². The van der Waals surface area contributed by atoms with E-state index in [2.05, 4.69) is 13.0 Å². The first kappa shape index (κ1) is 22.8. The molecule has 2 fully saturated rings. The van der Waals surface area contributed by atoms with E-state index in [0.717, 1.165) is 68.4 Å². The first-order valence-corrected chi connectivity index (χ1v) is 11.8. The summed E-state index contributed by atoms with van der Waals surface area (Å²) in [6.07, 6.45) is 11.3. The van der Waals surface area contributed by atoms with Crippen molar-refractivity contribution in [1.29, 1.82) is 5.26 Å². The Morgan fingerprint density at radius 1 is 1.03 bits per heavy atom. The third-order valence-electron chi connectivity index (χ3n) is 7.30. The van der Waals surface area contributed by atoms with Crippen LogP contribution in [0.3, 0.4) is 0 Å². The van der Waals surface area contributed by atoms with Crippen LogP contribution >= 0.6 is 0 Å². The van der Waals surface area contributed by atoms with Crippen LogP contribution < -0.4 is 4.74 Å². The molecule has 0 aromatic heterocycles. The number of esters is 1. The van der Waals surface area contributed by atoms with E-state index in [1.165, 1.54) is 25.7 Å². The van der Waals surface area contributed by atoms with Crippen LogP contribution in [0.25, 0.3) is 0 Å². The largest absolute Gasteiger partial charge is 0.426 e. The van der Waals surface area contributed by atoms with Crippen LogP contribution in [0.4, 0.5) is 0 Å². The zero-order valence-electron chi connectivity index (χ0n) is 18.6. The summed E-state index contributed by atoms with van der Waals surface area (Å²) < 4.78 is 11.0. The highest BCUT2D eigenvalue weighted by Crippen LogP contribution is 2.41. The highest BCUT2D eigenvalue weighted by Gasteiger charge is 2.33. The van der Waals surface area contributed by atoms with Gasteiger partial charge in [0.05, 0.1) is 17.9 Å². The molecule has 2 saturated carbocycles. The lowest BCUT2D eigenvalue weighted by Crippen LogP contribution is -2.30. The quantitative estimate of drug-likeness (QED) is 0.374. The Morgan fingerprint density at radius 3 is 2.17 bits per heavy atom. The van der Waals surface area contributed by atoms with E-state index in [1.54, 1.807) is 7.11 Å². The Labute approximate surface area is 181 Å². The molecule has 1 atom stereocenters. The predicted molar refractivity (Wildman–Crippen MR) is 118 cm³/mol. The van der Waals surface area contributed by atoms with Crippen molar-refractivity contribution in [1.82, 2.24) is 0 Å². The maximum atomic E-state index is 12.7. The molecule has 0 N–H and O–H groups in total. The number of ether oxygens (including phenoxy) is 2. The molecule has 0 amide bonds. The molecular weight excluding hydrogens is 374 g/mol. The van der Waals surface area contributed by atoms with Crippen LogP contribution in [-0.2, 0) is 9.53 Å². The van der Waals surface area contributed by atoms with Gasteiger partial charge in [-0.3, -0.25) is 4.79 Å². The summed E-state index contributed by atoms with van der Waals surface area (Å²) in [5.41, 5.74) is 1.000. The smallest absolute Gasteiger partial charge is 0.314 e. The molecule has 4 nitrogen and oxygen atoms in total. The average molecular weight is 412 g/mol. The number of methoxy groups -OCH3 is 1. The number of benzene rings is 1. The topological polar surface area (TPSA) is 59.3 Å². The summed E-state index contributed by atoms with van der Waals surface area (Å²) in [5.74, 6) is 2.80. The molecule has 2 aliphatic carbocycles. The van der Waals surface area contributed by atoms with Crippen LogP contribution in [-0.4, -0.2) is 19.7 Å². The zero-order chi connectivity index (χ0) is 21.3. The van der Waals surface area contributed by atoms with Crippen LogP contribution in [0, 0.1) is 35.0 Å². The minimum atomic E-state index is -0.0876. The summed E-state index contributed by atoms with van der Waals surface area (Å²) in [7, 11) is 1.80. The number of rotatable bonds is 8. The molecule has 1 aromatic rings. The highest BCUT2D eigenvalue weighted by atomic mass is 16.5. The van der Waals surface area contributed by atoms with Crippen molar-refractivity contribution < 1.29 is 14.3 Å². The van der Waals surface area contributed by atoms with Gasteiger partial charge in [-0.25, -0.2) is 0 Å². The second-order valence-corrected chi connectivity index (χ2v) is 9.31. The fourth-order valence-electron chi connectivity index (χ4n) is 5.45. The van der Waals surface area contributed by atoms with Gasteiger partial charge in [-0.2, -0.15) is 5.26 Å². The van der Waals surface area contributed by atoms with E-state index >= 15 is 0 Å².